The van der Waals surface area contributed by atoms with Gasteiger partial charge in [0.15, 0.2) is 5.71 Å². The number of hydrogen-bond donors (Lipinski definition) is 2. The summed E-state index contributed by atoms with van der Waals surface area (Å²) in [5, 5.41) is 20.0. The first-order chi connectivity index (χ1) is 13.9. The van der Waals surface area contributed by atoms with Crippen molar-refractivity contribution in [2.24, 2.45) is 5.16 Å². The van der Waals surface area contributed by atoms with Crippen LogP contribution in [0.25, 0.3) is 0 Å². The van der Waals surface area contributed by atoms with E-state index in [4.69, 9.17) is 9.90 Å². The normalized spacial score (nSPS) is 10.6. The van der Waals surface area contributed by atoms with E-state index in [0.717, 1.165) is 22.3 Å². The first kappa shape index (κ1) is 21.9. The number of aliphatic carboxylic acids is 1. The number of aryl methyl sites for hydroxylation is 1. The second-order valence-corrected chi connectivity index (χ2v) is 7.20. The molecular weight excluding hydrogens is 386 g/mol. The Morgan fingerprint density at radius 1 is 0.828 bits per heavy atom. The number of ketones is 1. The number of benzene rings is 3. The van der Waals surface area contributed by atoms with Crippen LogP contribution in [0, 0.1) is 6.92 Å². The number of carboxylic acid groups (broad SMARTS) is 1. The van der Waals surface area contributed by atoms with E-state index in [1.54, 1.807) is 30.0 Å². The standard InChI is InChI=1S/C21H17NO2S.C2H4O2/c1-15-7-5-6-10-19(15)20(22-24)21(23)16-11-13-18(14-12-16)25-17-8-3-2-4-9-17;1-2(3)4/h2-14,24H,1H3;1H3,(H,3,4). The molecule has 6 heteroatoms. The van der Waals surface area contributed by atoms with Gasteiger partial charge >= 0.3 is 0 Å². The molecule has 5 nitrogen and oxygen atoms in total. The van der Waals surface area contributed by atoms with Gasteiger partial charge in [0, 0.05) is 27.8 Å². The van der Waals surface area contributed by atoms with Crippen LogP contribution in [0.3, 0.4) is 0 Å². The average molecular weight is 407 g/mol. The van der Waals surface area contributed by atoms with Crippen molar-refractivity contribution in [2.45, 2.75) is 23.6 Å². The molecule has 0 unspecified atom stereocenters. The molecule has 0 saturated carbocycles. The monoisotopic (exact) mass is 407 g/mol. The number of hydrogen-bond acceptors (Lipinski definition) is 5. The van der Waals surface area contributed by atoms with Crippen molar-refractivity contribution >= 4 is 29.2 Å². The second-order valence-electron chi connectivity index (χ2n) is 6.05. The van der Waals surface area contributed by atoms with Gasteiger partial charge in [-0.2, -0.15) is 0 Å². The van der Waals surface area contributed by atoms with Gasteiger partial charge < -0.3 is 10.3 Å². The maximum absolute atomic E-state index is 12.7. The molecule has 0 aromatic heterocycles. The first-order valence-electron chi connectivity index (χ1n) is 8.77. The van der Waals surface area contributed by atoms with Crippen molar-refractivity contribution in [1.82, 2.24) is 0 Å². The minimum absolute atomic E-state index is 0.0570. The van der Waals surface area contributed by atoms with E-state index in [2.05, 4.69) is 5.16 Å². The van der Waals surface area contributed by atoms with E-state index in [1.807, 2.05) is 67.6 Å². The van der Waals surface area contributed by atoms with Gasteiger partial charge in [-0.05, 0) is 48.9 Å². The summed E-state index contributed by atoms with van der Waals surface area (Å²) in [6.07, 6.45) is 0. The smallest absolute Gasteiger partial charge is 0.300 e. The van der Waals surface area contributed by atoms with Crippen molar-refractivity contribution in [3.05, 3.63) is 95.6 Å². The Kier molecular flexibility index (Phi) is 8.18. The molecule has 3 rings (SSSR count). The lowest BCUT2D eigenvalue weighted by Gasteiger charge is -2.08. The molecule has 0 atom stereocenters. The first-order valence-corrected chi connectivity index (χ1v) is 9.59. The molecule has 0 heterocycles. The number of nitrogens with zero attached hydrogens (tertiary/aromatic N) is 1. The molecule has 0 amide bonds. The van der Waals surface area contributed by atoms with Crippen LogP contribution in [0.15, 0.2) is 93.8 Å². The lowest BCUT2D eigenvalue weighted by atomic mass is 9.97. The van der Waals surface area contributed by atoms with E-state index < -0.39 is 5.97 Å². The van der Waals surface area contributed by atoms with Gasteiger partial charge in [0.25, 0.3) is 5.97 Å². The fraction of sp³-hybridized carbons (Fsp3) is 0.0870. The molecule has 0 aliphatic carbocycles. The van der Waals surface area contributed by atoms with E-state index in [-0.39, 0.29) is 11.5 Å². The Labute approximate surface area is 173 Å². The van der Waals surface area contributed by atoms with Crippen LogP contribution in [-0.2, 0) is 4.79 Å². The van der Waals surface area contributed by atoms with Crippen molar-refractivity contribution in [3.63, 3.8) is 0 Å². The molecule has 148 valence electrons. The van der Waals surface area contributed by atoms with Crippen molar-refractivity contribution in [2.75, 3.05) is 0 Å². The Balaban J connectivity index is 0.000000687. The zero-order valence-electron chi connectivity index (χ0n) is 16.1. The maximum atomic E-state index is 12.7. The second kappa shape index (κ2) is 10.8. The highest BCUT2D eigenvalue weighted by Crippen LogP contribution is 2.27. The fourth-order valence-corrected chi connectivity index (χ4v) is 3.33. The number of oxime groups is 1. The third-order valence-corrected chi connectivity index (χ3v) is 4.83. The maximum Gasteiger partial charge on any atom is 0.300 e. The Hall–Kier alpha value is -3.38. The molecule has 0 aliphatic rings. The van der Waals surface area contributed by atoms with Crippen molar-refractivity contribution in [1.29, 1.82) is 0 Å². The average Bonchev–Trinajstić information content (AvgIpc) is 2.71. The molecule has 0 spiro atoms. The van der Waals surface area contributed by atoms with E-state index in [9.17, 15) is 10.0 Å². The molecule has 0 radical (unpaired) electrons. The minimum atomic E-state index is -0.833. The van der Waals surface area contributed by atoms with Gasteiger partial charge in [0.2, 0.25) is 5.78 Å². The summed E-state index contributed by atoms with van der Waals surface area (Å²) in [6.45, 7) is 2.97. The summed E-state index contributed by atoms with van der Waals surface area (Å²) in [7, 11) is 0. The highest BCUT2D eigenvalue weighted by molar-refractivity contribution is 7.99. The number of Topliss-reactive ketones (excluding diaryl/α,β-unsaturated/α-hetero) is 1. The highest BCUT2D eigenvalue weighted by atomic mass is 32.2. The van der Waals surface area contributed by atoms with Crippen LogP contribution < -0.4 is 0 Å². The van der Waals surface area contributed by atoms with E-state index in [0.29, 0.717) is 11.1 Å². The lowest BCUT2D eigenvalue weighted by Crippen LogP contribution is -2.17. The molecule has 0 bridgehead atoms. The summed E-state index contributed by atoms with van der Waals surface area (Å²) in [5.74, 6) is -1.13. The minimum Gasteiger partial charge on any atom is -0.481 e. The number of carboxylic acids is 1. The summed E-state index contributed by atoms with van der Waals surface area (Å²) in [4.78, 5) is 23.9. The molecular formula is C23H21NO4S. The van der Waals surface area contributed by atoms with Crippen LogP contribution in [0.2, 0.25) is 0 Å². The largest absolute Gasteiger partial charge is 0.481 e. The summed E-state index contributed by atoms with van der Waals surface area (Å²) >= 11 is 1.63. The quantitative estimate of drug-likeness (QED) is 0.259. The van der Waals surface area contributed by atoms with E-state index >= 15 is 0 Å². The Bertz CT molecular complexity index is 995. The number of rotatable bonds is 5. The third-order valence-electron chi connectivity index (χ3n) is 3.81. The lowest BCUT2D eigenvalue weighted by molar-refractivity contribution is -0.134. The molecule has 3 aromatic rings. The van der Waals surface area contributed by atoms with Crippen molar-refractivity contribution < 1.29 is 19.9 Å². The summed E-state index contributed by atoms with van der Waals surface area (Å²) in [6, 6.07) is 24.7. The molecule has 0 saturated heterocycles. The van der Waals surface area contributed by atoms with Gasteiger partial charge in [-0.25, -0.2) is 0 Å². The SMILES string of the molecule is CC(=O)O.Cc1ccccc1C(=NO)C(=O)c1ccc(Sc2ccccc2)cc1. The molecule has 0 fully saturated rings. The molecule has 2 N–H and O–H groups in total. The zero-order valence-corrected chi connectivity index (χ0v) is 16.9. The van der Waals surface area contributed by atoms with Crippen LogP contribution >= 0.6 is 11.8 Å². The van der Waals surface area contributed by atoms with Crippen molar-refractivity contribution in [3.8, 4) is 0 Å². The molecule has 0 aliphatic heterocycles. The van der Waals surface area contributed by atoms with Gasteiger partial charge in [-0.15, -0.1) is 0 Å². The van der Waals surface area contributed by atoms with Gasteiger partial charge in [-0.1, -0.05) is 59.4 Å². The zero-order chi connectivity index (χ0) is 21.2. The predicted octanol–water partition coefficient (Wildman–Crippen LogP) is 5.30. The summed E-state index contributed by atoms with van der Waals surface area (Å²) in [5.41, 5.74) is 2.08. The van der Waals surface area contributed by atoms with Crippen LogP contribution in [-0.4, -0.2) is 27.8 Å². The Morgan fingerprint density at radius 2 is 1.34 bits per heavy atom. The molecule has 29 heavy (non-hydrogen) atoms. The topological polar surface area (TPSA) is 87.0 Å². The highest BCUT2D eigenvalue weighted by Gasteiger charge is 2.18. The van der Waals surface area contributed by atoms with Gasteiger partial charge in [0.05, 0.1) is 0 Å². The van der Waals surface area contributed by atoms with Crippen LogP contribution in [0.1, 0.15) is 28.4 Å². The van der Waals surface area contributed by atoms with Crippen LogP contribution in [0.5, 0.6) is 0 Å². The van der Waals surface area contributed by atoms with Gasteiger partial charge in [-0.3, -0.25) is 9.59 Å². The third kappa shape index (κ3) is 6.62. The molecule has 3 aromatic carbocycles. The fourth-order valence-electron chi connectivity index (χ4n) is 2.50. The van der Waals surface area contributed by atoms with Gasteiger partial charge in [0.1, 0.15) is 0 Å². The van der Waals surface area contributed by atoms with Crippen LogP contribution in [0.4, 0.5) is 0 Å². The van der Waals surface area contributed by atoms with E-state index in [1.165, 1.54) is 0 Å². The predicted molar refractivity (Wildman–Crippen MR) is 114 cm³/mol. The Morgan fingerprint density at radius 3 is 1.90 bits per heavy atom. The number of carbonyl (C=O) groups is 2. The summed E-state index contributed by atoms with van der Waals surface area (Å²) < 4.78 is 0. The number of carbonyl (C=O) groups excluding carboxylic acids is 1.